The van der Waals surface area contributed by atoms with Gasteiger partial charge >= 0.3 is 17.9 Å². The highest BCUT2D eigenvalue weighted by Crippen LogP contribution is 2.31. The van der Waals surface area contributed by atoms with E-state index in [0.29, 0.717) is 52.8 Å². The molecule has 3 rings (SSSR count). The summed E-state index contributed by atoms with van der Waals surface area (Å²) in [7, 11) is 0. The minimum Gasteiger partial charge on any atom is -0.473 e. The number of carboxylic acids is 2. The molecule has 0 spiro atoms. The molecular weight excluding hydrogens is 590 g/mol. The van der Waals surface area contributed by atoms with E-state index in [9.17, 15) is 14.7 Å². The summed E-state index contributed by atoms with van der Waals surface area (Å²) < 4.78 is 11.5. The number of aryl methyl sites for hydroxylation is 1. The molecule has 0 fully saturated rings. The lowest BCUT2D eigenvalue weighted by Crippen LogP contribution is -2.35. The number of fused-ring (bicyclic) bond motifs is 1. The quantitative estimate of drug-likeness (QED) is 0.0843. The van der Waals surface area contributed by atoms with Gasteiger partial charge in [0.1, 0.15) is 11.3 Å². The van der Waals surface area contributed by atoms with Crippen LogP contribution in [-0.4, -0.2) is 75.8 Å². The van der Waals surface area contributed by atoms with Crippen molar-refractivity contribution in [3.05, 3.63) is 70.5 Å². The number of unbranched alkanes of at least 4 members (excludes halogenated alkanes) is 3. The number of furan rings is 1. The first-order valence-corrected chi connectivity index (χ1v) is 16.2. The molecule has 0 aliphatic rings. The van der Waals surface area contributed by atoms with E-state index in [1.54, 1.807) is 18.2 Å². The maximum Gasteiger partial charge on any atom is 0.414 e. The molecule has 0 saturated heterocycles. The largest absolute Gasteiger partial charge is 0.473 e. The van der Waals surface area contributed by atoms with Crippen LogP contribution >= 0.6 is 0 Å². The van der Waals surface area contributed by atoms with Crippen LogP contribution in [0.1, 0.15) is 111 Å². The van der Waals surface area contributed by atoms with Gasteiger partial charge in [-0.05, 0) is 76.4 Å². The number of rotatable bonds is 17. The predicted octanol–water partition coefficient (Wildman–Crippen LogP) is 6.53. The molecule has 10 heteroatoms. The zero-order valence-corrected chi connectivity index (χ0v) is 27.7. The van der Waals surface area contributed by atoms with Crippen LogP contribution in [-0.2, 0) is 27.2 Å². The second-order valence-electron chi connectivity index (χ2n) is 11.7. The van der Waals surface area contributed by atoms with Crippen molar-refractivity contribution in [3.8, 4) is 0 Å². The summed E-state index contributed by atoms with van der Waals surface area (Å²) in [6.07, 6.45) is 6.92. The number of benzene rings is 2. The maximum absolute atomic E-state index is 13.8. The van der Waals surface area contributed by atoms with Gasteiger partial charge in [-0.1, -0.05) is 64.3 Å². The molecule has 3 N–H and O–H groups in total. The zero-order valence-electron chi connectivity index (χ0n) is 27.7. The molecule has 46 heavy (non-hydrogen) atoms. The van der Waals surface area contributed by atoms with Gasteiger partial charge in [0.25, 0.3) is 0 Å². The third-order valence-electron chi connectivity index (χ3n) is 7.32. The first-order valence-electron chi connectivity index (χ1n) is 16.2. The Morgan fingerprint density at radius 3 is 1.91 bits per heavy atom. The second kappa shape index (κ2) is 19.5. The number of hydrogen-bond acceptors (Lipinski definition) is 8. The van der Waals surface area contributed by atoms with Gasteiger partial charge in [0.2, 0.25) is 0 Å². The van der Waals surface area contributed by atoms with Gasteiger partial charge < -0.3 is 29.4 Å². The summed E-state index contributed by atoms with van der Waals surface area (Å²) in [5, 5.41) is 26.2. The first kappa shape index (κ1) is 38.2. The fourth-order valence-corrected chi connectivity index (χ4v) is 4.95. The lowest BCUT2D eigenvalue weighted by molar-refractivity contribution is -0.159. The van der Waals surface area contributed by atoms with Crippen molar-refractivity contribution in [3.63, 3.8) is 0 Å². The highest BCUT2D eigenvalue weighted by Gasteiger charge is 2.24. The number of nitrogens with zero attached hydrogens (tertiary/aromatic N) is 1. The Labute approximate surface area is 271 Å². The highest BCUT2D eigenvalue weighted by molar-refractivity contribution is 6.27. The molecular formula is C36H49NO9. The van der Waals surface area contributed by atoms with Gasteiger partial charge in [-0.15, -0.1) is 0 Å². The van der Waals surface area contributed by atoms with Crippen molar-refractivity contribution >= 4 is 34.7 Å². The van der Waals surface area contributed by atoms with Crippen LogP contribution in [0, 0.1) is 0 Å². The minimum atomic E-state index is -1.82. The fraction of sp³-hybridized carbons (Fsp3) is 0.500. The third kappa shape index (κ3) is 12.1. The van der Waals surface area contributed by atoms with E-state index in [-0.39, 0.29) is 11.9 Å². The standard InChI is InChI=1S/C34H47NO5.C2H2O4/c1-6-9-12-31-32(29-22-27(17-18-30(29)40-31)34(38)39-24(4)5)33(37)26-15-13-25(14-16-26)21-28(36)23-35(19-10-7-2)20-11-8-3;3-1(4)2(5)6/h13-18,22,24,28,36H,6-12,19-21,23H2,1-5H3;(H,3,4)(H,5,6). The van der Waals surface area contributed by atoms with E-state index in [4.69, 9.17) is 29.0 Å². The topological polar surface area (TPSA) is 155 Å². The Kier molecular flexibility index (Phi) is 16.2. The van der Waals surface area contributed by atoms with E-state index in [0.717, 1.165) is 57.2 Å². The van der Waals surface area contributed by atoms with Gasteiger partial charge in [0, 0.05) is 23.9 Å². The summed E-state index contributed by atoms with van der Waals surface area (Å²) in [4.78, 5) is 46.9. The number of ketones is 1. The van der Waals surface area contributed by atoms with Crippen LogP contribution < -0.4 is 0 Å². The number of ether oxygens (including phenoxy) is 1. The number of esters is 1. The van der Waals surface area contributed by atoms with E-state index >= 15 is 0 Å². The van der Waals surface area contributed by atoms with E-state index in [1.165, 1.54) is 0 Å². The molecule has 0 aliphatic heterocycles. The lowest BCUT2D eigenvalue weighted by Gasteiger charge is -2.25. The monoisotopic (exact) mass is 639 g/mol. The molecule has 2 aromatic carbocycles. The molecule has 0 saturated carbocycles. The lowest BCUT2D eigenvalue weighted by atomic mass is 9.96. The Bertz CT molecular complexity index is 1410. The van der Waals surface area contributed by atoms with Crippen molar-refractivity contribution in [2.24, 2.45) is 0 Å². The summed E-state index contributed by atoms with van der Waals surface area (Å²) >= 11 is 0. The zero-order chi connectivity index (χ0) is 34.2. The maximum atomic E-state index is 13.8. The van der Waals surface area contributed by atoms with Crippen molar-refractivity contribution < 1.29 is 43.7 Å². The number of hydrogen-bond donors (Lipinski definition) is 3. The van der Waals surface area contributed by atoms with Crippen LogP contribution in [0.3, 0.4) is 0 Å². The van der Waals surface area contributed by atoms with Crippen LogP contribution in [0.4, 0.5) is 0 Å². The van der Waals surface area contributed by atoms with Crippen molar-refractivity contribution in [1.29, 1.82) is 0 Å². The molecule has 0 amide bonds. The number of carboxylic acid groups (broad SMARTS) is 2. The summed E-state index contributed by atoms with van der Waals surface area (Å²) in [5.74, 6) is -3.55. The molecule has 0 aliphatic carbocycles. The molecule has 252 valence electrons. The van der Waals surface area contributed by atoms with Crippen molar-refractivity contribution in [1.82, 2.24) is 4.90 Å². The molecule has 3 aromatic rings. The van der Waals surface area contributed by atoms with Gasteiger partial charge in [0.15, 0.2) is 5.78 Å². The SMILES string of the molecule is CCCCc1oc2ccc(C(=O)OC(C)C)cc2c1C(=O)c1ccc(CC(O)CN(CCCC)CCCC)cc1.O=C(O)C(=O)O. The summed E-state index contributed by atoms with van der Waals surface area (Å²) in [6.45, 7) is 12.8. The smallest absolute Gasteiger partial charge is 0.414 e. The number of aliphatic hydroxyl groups excluding tert-OH is 1. The molecule has 1 atom stereocenters. The number of carbonyl (C=O) groups excluding carboxylic acids is 2. The fourth-order valence-electron chi connectivity index (χ4n) is 4.95. The summed E-state index contributed by atoms with van der Waals surface area (Å²) in [6, 6.07) is 12.6. The third-order valence-corrected chi connectivity index (χ3v) is 7.32. The van der Waals surface area contributed by atoms with Crippen molar-refractivity contribution in [2.75, 3.05) is 19.6 Å². The van der Waals surface area contributed by atoms with Gasteiger partial charge in [-0.2, -0.15) is 0 Å². The Morgan fingerprint density at radius 1 is 0.826 bits per heavy atom. The van der Waals surface area contributed by atoms with E-state index < -0.39 is 24.0 Å². The molecule has 1 aromatic heterocycles. The Balaban J connectivity index is 0.00000112. The summed E-state index contributed by atoms with van der Waals surface area (Å²) in [5.41, 5.74) is 3.05. The minimum absolute atomic E-state index is 0.128. The first-order chi connectivity index (χ1) is 21.9. The molecule has 0 bridgehead atoms. The van der Waals surface area contributed by atoms with Crippen LogP contribution in [0.25, 0.3) is 11.0 Å². The van der Waals surface area contributed by atoms with Crippen molar-refractivity contribution in [2.45, 2.75) is 98.2 Å². The molecule has 0 radical (unpaired) electrons. The van der Waals surface area contributed by atoms with E-state index in [1.807, 2.05) is 38.1 Å². The predicted molar refractivity (Wildman–Crippen MR) is 176 cm³/mol. The number of aliphatic hydroxyl groups is 1. The average molecular weight is 640 g/mol. The van der Waals surface area contributed by atoms with E-state index in [2.05, 4.69) is 25.7 Å². The number of carbonyl (C=O) groups is 4. The van der Waals surface area contributed by atoms with Gasteiger partial charge in [-0.25, -0.2) is 14.4 Å². The number of aliphatic carboxylic acids is 2. The normalized spacial score (nSPS) is 11.7. The molecule has 1 unspecified atom stereocenters. The highest BCUT2D eigenvalue weighted by atomic mass is 16.5. The van der Waals surface area contributed by atoms with Crippen LogP contribution in [0.5, 0.6) is 0 Å². The van der Waals surface area contributed by atoms with Gasteiger partial charge in [0.05, 0.1) is 23.3 Å². The Morgan fingerprint density at radius 2 is 1.39 bits per heavy atom. The average Bonchev–Trinajstić information content (AvgIpc) is 3.38. The second-order valence-corrected chi connectivity index (χ2v) is 11.7. The van der Waals surface area contributed by atoms with Gasteiger partial charge in [-0.3, -0.25) is 4.79 Å². The molecule has 10 nitrogen and oxygen atoms in total. The van der Waals surface area contributed by atoms with Crippen LogP contribution in [0.15, 0.2) is 46.9 Å². The molecule has 1 heterocycles. The van der Waals surface area contributed by atoms with Crippen LogP contribution in [0.2, 0.25) is 0 Å². The Hall–Kier alpha value is -4.02.